The standard InChI is InChI=1S/C14H9N3O4S/c1-21-12-5-7(14(18)19)4-11-13(12)16-10-6-8(22-17-20)2-3-9(10)15-11/h2-6H,1H3,(H,18,19). The van der Waals surface area contributed by atoms with E-state index in [9.17, 15) is 9.70 Å². The number of rotatable bonds is 4. The molecule has 0 atom stereocenters. The second-order valence-electron chi connectivity index (χ2n) is 4.39. The molecular weight excluding hydrogens is 306 g/mol. The van der Waals surface area contributed by atoms with Crippen LogP contribution in [0.3, 0.4) is 0 Å². The van der Waals surface area contributed by atoms with Gasteiger partial charge in [-0.1, -0.05) is 0 Å². The van der Waals surface area contributed by atoms with Crippen LogP contribution in [0.25, 0.3) is 22.1 Å². The first-order valence-corrected chi connectivity index (χ1v) is 6.92. The predicted molar refractivity (Wildman–Crippen MR) is 82.2 cm³/mol. The van der Waals surface area contributed by atoms with Crippen molar-refractivity contribution < 1.29 is 14.6 Å². The van der Waals surface area contributed by atoms with Crippen LogP contribution in [0.2, 0.25) is 0 Å². The van der Waals surface area contributed by atoms with Gasteiger partial charge < -0.3 is 9.84 Å². The Bertz CT molecular complexity index is 913. The first-order valence-electron chi connectivity index (χ1n) is 6.15. The Kier molecular flexibility index (Phi) is 3.60. The van der Waals surface area contributed by atoms with E-state index in [1.807, 2.05) is 0 Å². The third kappa shape index (κ3) is 2.44. The van der Waals surface area contributed by atoms with Gasteiger partial charge >= 0.3 is 5.97 Å². The fourth-order valence-electron chi connectivity index (χ4n) is 2.11. The van der Waals surface area contributed by atoms with Crippen molar-refractivity contribution in [3.63, 3.8) is 0 Å². The number of carboxylic acid groups (broad SMARTS) is 1. The van der Waals surface area contributed by atoms with Gasteiger partial charge in [-0.05, 0) is 30.3 Å². The zero-order valence-corrected chi connectivity index (χ0v) is 12.1. The first kappa shape index (κ1) is 14.2. The predicted octanol–water partition coefficient (Wildman–Crippen LogP) is 3.26. The summed E-state index contributed by atoms with van der Waals surface area (Å²) >= 11 is 0.805. The van der Waals surface area contributed by atoms with Crippen molar-refractivity contribution in [1.82, 2.24) is 9.97 Å². The van der Waals surface area contributed by atoms with Crippen molar-refractivity contribution in [3.05, 3.63) is 40.8 Å². The molecule has 3 rings (SSSR count). The van der Waals surface area contributed by atoms with E-state index in [1.54, 1.807) is 18.2 Å². The van der Waals surface area contributed by atoms with Crippen LogP contribution in [0, 0.1) is 4.91 Å². The maximum Gasteiger partial charge on any atom is 0.335 e. The van der Waals surface area contributed by atoms with Crippen LogP contribution in [0.5, 0.6) is 5.75 Å². The van der Waals surface area contributed by atoms with Gasteiger partial charge in [-0.25, -0.2) is 14.8 Å². The molecule has 8 heteroatoms. The summed E-state index contributed by atoms with van der Waals surface area (Å²) in [6.45, 7) is 0. The van der Waals surface area contributed by atoms with Crippen molar-refractivity contribution in [2.24, 2.45) is 4.58 Å². The Hall–Kier alpha value is -2.74. The number of carboxylic acids is 1. The molecule has 1 N–H and O–H groups in total. The molecule has 0 spiro atoms. The smallest absolute Gasteiger partial charge is 0.335 e. The SMILES string of the molecule is COc1cc(C(=O)O)cc2nc3ccc(SN=O)cc3nc12. The second-order valence-corrected chi connectivity index (χ2v) is 5.19. The summed E-state index contributed by atoms with van der Waals surface area (Å²) in [4.78, 5) is 31.0. The molecule has 0 saturated heterocycles. The summed E-state index contributed by atoms with van der Waals surface area (Å²) in [5, 5.41) is 9.13. The summed E-state index contributed by atoms with van der Waals surface area (Å²) in [5.41, 5.74) is 2.13. The summed E-state index contributed by atoms with van der Waals surface area (Å²) < 4.78 is 7.97. The number of nitroso groups, excluding NO2 is 1. The molecule has 0 saturated carbocycles. The number of aromatic carboxylic acids is 1. The molecule has 0 fully saturated rings. The quantitative estimate of drug-likeness (QED) is 0.448. The number of nitrogens with zero attached hydrogens (tertiary/aromatic N) is 3. The zero-order valence-electron chi connectivity index (χ0n) is 11.3. The van der Waals surface area contributed by atoms with Crippen LogP contribution in [0.4, 0.5) is 0 Å². The number of carbonyl (C=O) groups is 1. The number of benzene rings is 2. The molecule has 0 aliphatic carbocycles. The van der Waals surface area contributed by atoms with Gasteiger partial charge in [0.2, 0.25) is 0 Å². The van der Waals surface area contributed by atoms with Crippen LogP contribution >= 0.6 is 11.9 Å². The Labute approximate surface area is 128 Å². The van der Waals surface area contributed by atoms with Gasteiger partial charge in [-0.15, -0.1) is 4.91 Å². The van der Waals surface area contributed by atoms with Crippen LogP contribution < -0.4 is 4.74 Å². The highest BCUT2D eigenvalue weighted by Gasteiger charge is 2.13. The van der Waals surface area contributed by atoms with Crippen LogP contribution in [-0.2, 0) is 0 Å². The molecule has 110 valence electrons. The normalized spacial score (nSPS) is 10.8. The van der Waals surface area contributed by atoms with Crippen LogP contribution in [0.15, 0.2) is 39.8 Å². The van der Waals surface area contributed by atoms with Crippen molar-refractivity contribution in [2.45, 2.75) is 4.90 Å². The molecule has 3 aromatic rings. The zero-order chi connectivity index (χ0) is 15.7. The highest BCUT2D eigenvalue weighted by Crippen LogP contribution is 2.29. The Morgan fingerprint density at radius 2 is 2.00 bits per heavy atom. The van der Waals surface area contributed by atoms with Gasteiger partial charge in [0.15, 0.2) is 0 Å². The van der Waals surface area contributed by atoms with Crippen molar-refractivity contribution in [1.29, 1.82) is 0 Å². The van der Waals surface area contributed by atoms with Crippen LogP contribution in [-0.4, -0.2) is 28.2 Å². The number of aromatic nitrogens is 2. The van der Waals surface area contributed by atoms with Crippen molar-refractivity contribution in [2.75, 3.05) is 7.11 Å². The molecule has 22 heavy (non-hydrogen) atoms. The minimum Gasteiger partial charge on any atom is -0.494 e. The number of ether oxygens (including phenoxy) is 1. The largest absolute Gasteiger partial charge is 0.494 e. The lowest BCUT2D eigenvalue weighted by Gasteiger charge is -2.08. The van der Waals surface area contributed by atoms with Gasteiger partial charge in [-0.3, -0.25) is 0 Å². The van der Waals surface area contributed by atoms with Crippen LogP contribution in [0.1, 0.15) is 10.4 Å². The van der Waals surface area contributed by atoms with E-state index < -0.39 is 5.97 Å². The minimum atomic E-state index is -1.06. The lowest BCUT2D eigenvalue weighted by Crippen LogP contribution is -2.00. The molecule has 0 radical (unpaired) electrons. The Morgan fingerprint density at radius 1 is 1.18 bits per heavy atom. The van der Waals surface area contributed by atoms with Gasteiger partial charge in [0.1, 0.15) is 11.3 Å². The molecule has 0 unspecified atom stereocenters. The fraction of sp³-hybridized carbons (Fsp3) is 0.0714. The van der Waals surface area contributed by atoms with E-state index in [4.69, 9.17) is 9.84 Å². The van der Waals surface area contributed by atoms with Crippen molar-refractivity contribution in [3.8, 4) is 5.75 Å². The van der Waals surface area contributed by atoms with E-state index in [2.05, 4.69) is 14.6 Å². The molecular formula is C14H9N3O4S. The summed E-state index contributed by atoms with van der Waals surface area (Å²) in [6, 6.07) is 7.94. The first-order chi connectivity index (χ1) is 10.6. The number of methoxy groups -OCH3 is 1. The summed E-state index contributed by atoms with van der Waals surface area (Å²) in [6.07, 6.45) is 0. The summed E-state index contributed by atoms with van der Waals surface area (Å²) in [7, 11) is 1.44. The average Bonchev–Trinajstić information content (AvgIpc) is 2.52. The number of hydrogen-bond acceptors (Lipinski definition) is 7. The van der Waals surface area contributed by atoms with Gasteiger partial charge in [0, 0.05) is 9.48 Å². The molecule has 0 amide bonds. The lowest BCUT2D eigenvalue weighted by atomic mass is 10.1. The Morgan fingerprint density at radius 3 is 2.68 bits per heavy atom. The van der Waals surface area contributed by atoms with E-state index >= 15 is 0 Å². The molecule has 7 nitrogen and oxygen atoms in total. The minimum absolute atomic E-state index is 0.0790. The number of fused-ring (bicyclic) bond motifs is 2. The molecule has 1 heterocycles. The topological polar surface area (TPSA) is 102 Å². The second kappa shape index (κ2) is 5.57. The van der Waals surface area contributed by atoms with E-state index in [-0.39, 0.29) is 5.56 Å². The number of hydrogen-bond donors (Lipinski definition) is 1. The molecule has 2 aromatic carbocycles. The Balaban J connectivity index is 2.30. The van der Waals surface area contributed by atoms with E-state index in [0.29, 0.717) is 32.7 Å². The molecule has 1 aromatic heterocycles. The third-order valence-electron chi connectivity index (χ3n) is 3.08. The fourth-order valence-corrected chi connectivity index (χ4v) is 2.49. The van der Waals surface area contributed by atoms with E-state index in [0.717, 1.165) is 11.9 Å². The molecule has 0 bridgehead atoms. The third-order valence-corrected chi connectivity index (χ3v) is 3.62. The van der Waals surface area contributed by atoms with Crippen molar-refractivity contribution >= 4 is 40.0 Å². The molecule has 0 aliphatic heterocycles. The maximum absolute atomic E-state index is 11.1. The highest BCUT2D eigenvalue weighted by atomic mass is 32.2. The van der Waals surface area contributed by atoms with Gasteiger partial charge in [-0.2, -0.15) is 0 Å². The maximum atomic E-state index is 11.1. The van der Waals surface area contributed by atoms with Gasteiger partial charge in [0.25, 0.3) is 0 Å². The monoisotopic (exact) mass is 315 g/mol. The summed E-state index contributed by atoms with van der Waals surface area (Å²) in [5.74, 6) is -0.734. The van der Waals surface area contributed by atoms with E-state index in [1.165, 1.54) is 19.2 Å². The average molecular weight is 315 g/mol. The van der Waals surface area contributed by atoms with Gasteiger partial charge in [0.05, 0.1) is 41.2 Å². The molecule has 0 aliphatic rings. The lowest BCUT2D eigenvalue weighted by molar-refractivity contribution is 0.0696. The highest BCUT2D eigenvalue weighted by molar-refractivity contribution is 7.98.